The summed E-state index contributed by atoms with van der Waals surface area (Å²) < 4.78 is 0. The molecule has 26 heavy (non-hydrogen) atoms. The highest BCUT2D eigenvalue weighted by molar-refractivity contribution is 6.28. The Balaban J connectivity index is 1.68. The molecule has 2 heterocycles. The van der Waals surface area contributed by atoms with E-state index in [9.17, 15) is 4.79 Å². The van der Waals surface area contributed by atoms with Crippen LogP contribution in [0.3, 0.4) is 0 Å². The van der Waals surface area contributed by atoms with Gasteiger partial charge in [0.1, 0.15) is 5.52 Å². The number of likely N-dealkylation sites (N-methyl/N-ethyl adjacent to an activating group) is 1. The van der Waals surface area contributed by atoms with Crippen molar-refractivity contribution in [3.63, 3.8) is 0 Å². The lowest BCUT2D eigenvalue weighted by atomic mass is 10.1. The van der Waals surface area contributed by atoms with E-state index in [4.69, 9.17) is 11.6 Å². The van der Waals surface area contributed by atoms with Gasteiger partial charge >= 0.3 is 0 Å². The standard InChI is InChI=1S/C17H26ClN7O/c1-4-5-6-11(22-15(26)17(7-8-17)25(2)3)9-19-13-12-14(21-10-20-12)24-16(18)23-13/h10-11H,4-9H2,1-3H3,(H,22,26)(H2,19,20,21,23,24). The molecule has 1 aliphatic rings. The summed E-state index contributed by atoms with van der Waals surface area (Å²) in [4.78, 5) is 30.2. The summed E-state index contributed by atoms with van der Waals surface area (Å²) >= 11 is 5.98. The van der Waals surface area contributed by atoms with Crippen molar-refractivity contribution < 1.29 is 4.79 Å². The molecule has 1 atom stereocenters. The van der Waals surface area contributed by atoms with Crippen LogP contribution >= 0.6 is 11.6 Å². The quantitative estimate of drug-likeness (QED) is 0.577. The van der Waals surface area contributed by atoms with Crippen LogP contribution in [0.4, 0.5) is 5.82 Å². The molecule has 0 aliphatic heterocycles. The average molecular weight is 380 g/mol. The van der Waals surface area contributed by atoms with Gasteiger partial charge in [0.15, 0.2) is 11.5 Å². The molecule has 0 bridgehead atoms. The maximum atomic E-state index is 12.7. The van der Waals surface area contributed by atoms with E-state index < -0.39 is 0 Å². The first-order chi connectivity index (χ1) is 12.5. The molecule has 0 saturated heterocycles. The van der Waals surface area contributed by atoms with E-state index in [1.54, 1.807) is 6.33 Å². The molecule has 2 aromatic heterocycles. The van der Waals surface area contributed by atoms with Crippen molar-refractivity contribution in [3.8, 4) is 0 Å². The zero-order valence-electron chi connectivity index (χ0n) is 15.5. The molecule has 1 unspecified atom stereocenters. The van der Waals surface area contributed by atoms with E-state index in [1.807, 2.05) is 19.0 Å². The molecule has 2 aromatic rings. The number of H-pyrrole nitrogens is 1. The number of hydrogen-bond acceptors (Lipinski definition) is 6. The Bertz CT molecular complexity index is 772. The molecule has 3 N–H and O–H groups in total. The van der Waals surface area contributed by atoms with Crippen LogP contribution in [0.25, 0.3) is 11.2 Å². The number of fused-ring (bicyclic) bond motifs is 1. The summed E-state index contributed by atoms with van der Waals surface area (Å²) in [7, 11) is 3.92. The van der Waals surface area contributed by atoms with Crippen molar-refractivity contribution in [3.05, 3.63) is 11.6 Å². The maximum absolute atomic E-state index is 12.7. The number of hydrogen-bond donors (Lipinski definition) is 3. The summed E-state index contributed by atoms with van der Waals surface area (Å²) in [5.74, 6) is 0.708. The van der Waals surface area contributed by atoms with E-state index >= 15 is 0 Å². The first-order valence-electron chi connectivity index (χ1n) is 9.05. The van der Waals surface area contributed by atoms with E-state index in [2.05, 4.69) is 37.5 Å². The van der Waals surface area contributed by atoms with Gasteiger partial charge in [-0.2, -0.15) is 9.97 Å². The van der Waals surface area contributed by atoms with Gasteiger partial charge in [-0.25, -0.2) is 4.98 Å². The number of halogens is 1. The van der Waals surface area contributed by atoms with Gasteiger partial charge in [-0.05, 0) is 45.0 Å². The highest BCUT2D eigenvalue weighted by atomic mass is 35.5. The number of unbranched alkanes of at least 4 members (excludes halogenated alkanes) is 1. The van der Waals surface area contributed by atoms with Gasteiger partial charge in [0, 0.05) is 12.6 Å². The van der Waals surface area contributed by atoms with Crippen molar-refractivity contribution in [2.24, 2.45) is 0 Å². The van der Waals surface area contributed by atoms with Gasteiger partial charge in [0.05, 0.1) is 11.9 Å². The molecule has 142 valence electrons. The lowest BCUT2D eigenvalue weighted by Crippen LogP contribution is -2.50. The van der Waals surface area contributed by atoms with Gasteiger partial charge in [0.2, 0.25) is 11.2 Å². The fourth-order valence-electron chi connectivity index (χ4n) is 3.15. The van der Waals surface area contributed by atoms with Crippen LogP contribution in [-0.4, -0.2) is 63.0 Å². The van der Waals surface area contributed by atoms with E-state index in [-0.39, 0.29) is 22.8 Å². The fourth-order valence-corrected chi connectivity index (χ4v) is 3.31. The molecule has 1 aliphatic carbocycles. The Kier molecular flexibility index (Phi) is 5.62. The zero-order valence-corrected chi connectivity index (χ0v) is 16.2. The number of anilines is 1. The highest BCUT2D eigenvalue weighted by Gasteiger charge is 2.52. The highest BCUT2D eigenvalue weighted by Crippen LogP contribution is 2.40. The predicted octanol–water partition coefficient (Wildman–Crippen LogP) is 2.19. The molecule has 9 heteroatoms. The molecule has 0 spiro atoms. The van der Waals surface area contributed by atoms with Crippen LogP contribution < -0.4 is 10.6 Å². The molecule has 8 nitrogen and oxygen atoms in total. The van der Waals surface area contributed by atoms with E-state index in [1.165, 1.54) is 0 Å². The van der Waals surface area contributed by atoms with Crippen LogP contribution in [0.15, 0.2) is 6.33 Å². The molecule has 1 amide bonds. The Morgan fingerprint density at radius 3 is 2.85 bits per heavy atom. The lowest BCUT2D eigenvalue weighted by molar-refractivity contribution is -0.127. The molecular weight excluding hydrogens is 354 g/mol. The Hall–Kier alpha value is -1.93. The minimum Gasteiger partial charge on any atom is -0.366 e. The largest absolute Gasteiger partial charge is 0.366 e. The second-order valence-corrected chi connectivity index (χ2v) is 7.40. The SMILES string of the molecule is CCCCC(CNc1nc(Cl)nc2nc[nH]c12)NC(=O)C1(N(C)C)CC1. The van der Waals surface area contributed by atoms with Crippen LogP contribution in [0, 0.1) is 0 Å². The Morgan fingerprint density at radius 2 is 2.19 bits per heavy atom. The number of nitrogens with one attached hydrogen (secondary N) is 3. The number of aromatic amines is 1. The maximum Gasteiger partial charge on any atom is 0.240 e. The molecule has 1 saturated carbocycles. The average Bonchev–Trinajstić information content (AvgIpc) is 3.30. The molecule has 0 radical (unpaired) electrons. The first kappa shape index (κ1) is 18.8. The number of imidazole rings is 1. The van der Waals surface area contributed by atoms with Gasteiger partial charge in [0.25, 0.3) is 0 Å². The number of aromatic nitrogens is 4. The van der Waals surface area contributed by atoms with E-state index in [0.717, 1.165) is 32.1 Å². The summed E-state index contributed by atoms with van der Waals surface area (Å²) in [5.41, 5.74) is 0.896. The molecular formula is C17H26ClN7O. The van der Waals surface area contributed by atoms with Gasteiger partial charge in [-0.3, -0.25) is 9.69 Å². The fraction of sp³-hybridized carbons (Fsp3) is 0.647. The number of nitrogens with zero attached hydrogens (tertiary/aromatic N) is 4. The van der Waals surface area contributed by atoms with Crippen LogP contribution in [0.2, 0.25) is 5.28 Å². The minimum absolute atomic E-state index is 0.0200. The van der Waals surface area contributed by atoms with Crippen molar-refractivity contribution in [1.82, 2.24) is 30.2 Å². The third kappa shape index (κ3) is 3.91. The van der Waals surface area contributed by atoms with Gasteiger partial charge in [-0.15, -0.1) is 0 Å². The molecule has 1 fully saturated rings. The predicted molar refractivity (Wildman–Crippen MR) is 102 cm³/mol. The first-order valence-corrected chi connectivity index (χ1v) is 9.43. The lowest BCUT2D eigenvalue weighted by Gasteiger charge is -2.27. The van der Waals surface area contributed by atoms with Crippen LogP contribution in [0.5, 0.6) is 0 Å². The van der Waals surface area contributed by atoms with Crippen molar-refractivity contribution >= 4 is 34.5 Å². The summed E-state index contributed by atoms with van der Waals surface area (Å²) in [6.45, 7) is 2.71. The smallest absolute Gasteiger partial charge is 0.240 e. The minimum atomic E-state index is -0.334. The monoisotopic (exact) mass is 379 g/mol. The Labute approximate surface area is 158 Å². The summed E-state index contributed by atoms with van der Waals surface area (Å²) in [6, 6.07) is 0.0200. The number of carbonyl (C=O) groups excluding carboxylic acids is 1. The molecule has 3 rings (SSSR count). The zero-order chi connectivity index (χ0) is 18.7. The topological polar surface area (TPSA) is 98.8 Å². The number of amides is 1. The van der Waals surface area contributed by atoms with Crippen LogP contribution in [-0.2, 0) is 4.79 Å². The van der Waals surface area contributed by atoms with Crippen molar-refractivity contribution in [1.29, 1.82) is 0 Å². The summed E-state index contributed by atoms with van der Waals surface area (Å²) in [5, 5.41) is 6.66. The van der Waals surface area contributed by atoms with Gasteiger partial charge < -0.3 is 15.6 Å². The second-order valence-electron chi connectivity index (χ2n) is 7.06. The summed E-state index contributed by atoms with van der Waals surface area (Å²) in [6.07, 6.45) is 6.42. The van der Waals surface area contributed by atoms with Crippen molar-refractivity contribution in [2.45, 2.75) is 50.6 Å². The van der Waals surface area contributed by atoms with Crippen molar-refractivity contribution in [2.75, 3.05) is 26.0 Å². The second kappa shape index (κ2) is 7.75. The van der Waals surface area contributed by atoms with Crippen LogP contribution in [0.1, 0.15) is 39.0 Å². The number of carbonyl (C=O) groups is 1. The molecule has 0 aromatic carbocycles. The van der Waals surface area contributed by atoms with Gasteiger partial charge in [-0.1, -0.05) is 19.8 Å². The number of rotatable bonds is 9. The normalized spacial score (nSPS) is 16.7. The third-order valence-electron chi connectivity index (χ3n) is 5.02. The third-order valence-corrected chi connectivity index (χ3v) is 5.19. The van der Waals surface area contributed by atoms with E-state index in [0.29, 0.717) is 23.5 Å². The Morgan fingerprint density at radius 1 is 1.42 bits per heavy atom.